The summed E-state index contributed by atoms with van der Waals surface area (Å²) in [6.45, 7) is 6.04. The summed E-state index contributed by atoms with van der Waals surface area (Å²) in [7, 11) is 0. The predicted octanol–water partition coefficient (Wildman–Crippen LogP) is 7.99. The highest BCUT2D eigenvalue weighted by Crippen LogP contribution is 2.27. The van der Waals surface area contributed by atoms with E-state index in [1.54, 1.807) is 34.1 Å². The van der Waals surface area contributed by atoms with Crippen LogP contribution in [0.15, 0.2) is 106 Å². The van der Waals surface area contributed by atoms with Crippen molar-refractivity contribution in [2.45, 2.75) is 26.9 Å². The van der Waals surface area contributed by atoms with Crippen molar-refractivity contribution in [3.63, 3.8) is 0 Å². The topological polar surface area (TPSA) is 59.1 Å². The molecule has 4 aromatic carbocycles. The first kappa shape index (κ1) is 31.3. The molecule has 4 aromatic rings. The van der Waals surface area contributed by atoms with Crippen molar-refractivity contribution in [2.75, 3.05) is 26.3 Å². The van der Waals surface area contributed by atoms with E-state index in [2.05, 4.69) is 31.9 Å². The lowest BCUT2D eigenvalue weighted by atomic mass is 10.1. The number of carbonyl (C=O) groups excluding carboxylic acids is 2. The summed E-state index contributed by atoms with van der Waals surface area (Å²) in [5.74, 6) is 0.703. The molecule has 42 heavy (non-hydrogen) atoms. The van der Waals surface area contributed by atoms with Gasteiger partial charge in [0.2, 0.25) is 0 Å². The molecule has 0 N–H and O–H groups in total. The van der Waals surface area contributed by atoms with Crippen LogP contribution in [0.4, 0.5) is 0 Å². The predicted molar refractivity (Wildman–Crippen MR) is 173 cm³/mol. The van der Waals surface area contributed by atoms with Gasteiger partial charge in [-0.2, -0.15) is 0 Å². The number of halogens is 2. The number of hydrogen-bond acceptors (Lipinski definition) is 4. The van der Waals surface area contributed by atoms with Crippen LogP contribution in [0.3, 0.4) is 0 Å². The van der Waals surface area contributed by atoms with E-state index < -0.39 is 0 Å². The normalized spacial score (nSPS) is 10.7. The molecule has 0 saturated carbocycles. The fraction of sp³-hybridized carbons (Fsp3) is 0.235. The molecular formula is C34H34Br2N2O4. The Labute approximate surface area is 264 Å². The van der Waals surface area contributed by atoms with Gasteiger partial charge in [-0.1, -0.05) is 92.5 Å². The Morgan fingerprint density at radius 3 is 1.33 bits per heavy atom. The van der Waals surface area contributed by atoms with Gasteiger partial charge in [0.15, 0.2) is 0 Å². The molecule has 2 amide bonds. The van der Waals surface area contributed by atoms with E-state index in [0.29, 0.717) is 62.0 Å². The van der Waals surface area contributed by atoms with Gasteiger partial charge >= 0.3 is 0 Å². The lowest BCUT2D eigenvalue weighted by molar-refractivity contribution is 0.0640. The van der Waals surface area contributed by atoms with Crippen molar-refractivity contribution in [1.82, 2.24) is 9.80 Å². The van der Waals surface area contributed by atoms with Crippen LogP contribution in [0.5, 0.6) is 11.5 Å². The molecule has 4 rings (SSSR count). The first-order chi connectivity index (χ1) is 20.4. The molecule has 0 aliphatic rings. The summed E-state index contributed by atoms with van der Waals surface area (Å²) in [6.07, 6.45) is 0. The average Bonchev–Trinajstić information content (AvgIpc) is 3.01. The van der Waals surface area contributed by atoms with E-state index in [9.17, 15) is 9.59 Å². The maximum Gasteiger partial charge on any atom is 0.258 e. The van der Waals surface area contributed by atoms with E-state index >= 15 is 0 Å². The summed E-state index contributed by atoms with van der Waals surface area (Å²) < 4.78 is 13.2. The molecule has 0 bridgehead atoms. The first-order valence-electron chi connectivity index (χ1n) is 13.9. The molecular weight excluding hydrogens is 660 g/mol. The zero-order valence-corrected chi connectivity index (χ0v) is 26.9. The van der Waals surface area contributed by atoms with Crippen molar-refractivity contribution in [3.8, 4) is 11.5 Å². The SMILES string of the molecule is CCOc1ccc(Br)cc1C(=O)N(CCN(Cc1ccccc1)C(=O)c1cc(Br)ccc1OCC)Cc1ccccc1. The van der Waals surface area contributed by atoms with Crippen LogP contribution >= 0.6 is 31.9 Å². The molecule has 0 fully saturated rings. The fourth-order valence-electron chi connectivity index (χ4n) is 4.60. The summed E-state index contributed by atoms with van der Waals surface area (Å²) in [5.41, 5.74) is 2.91. The van der Waals surface area contributed by atoms with Crippen LogP contribution in [-0.4, -0.2) is 47.9 Å². The lowest BCUT2D eigenvalue weighted by Crippen LogP contribution is -2.41. The highest BCUT2D eigenvalue weighted by atomic mass is 79.9. The second-order valence-corrected chi connectivity index (χ2v) is 11.4. The van der Waals surface area contributed by atoms with Gasteiger partial charge in [-0.15, -0.1) is 0 Å². The first-order valence-corrected chi connectivity index (χ1v) is 15.5. The molecule has 0 saturated heterocycles. The number of hydrogen-bond donors (Lipinski definition) is 0. The van der Waals surface area contributed by atoms with E-state index in [4.69, 9.17) is 9.47 Å². The Morgan fingerprint density at radius 2 is 0.976 bits per heavy atom. The Kier molecular flexibility index (Phi) is 11.6. The molecule has 0 unspecified atom stereocenters. The molecule has 218 valence electrons. The molecule has 0 heterocycles. The van der Waals surface area contributed by atoms with Gasteiger partial charge in [-0.25, -0.2) is 0 Å². The Hall–Kier alpha value is -3.62. The largest absolute Gasteiger partial charge is 0.493 e. The zero-order chi connectivity index (χ0) is 29.9. The van der Waals surface area contributed by atoms with E-state index in [-0.39, 0.29) is 11.8 Å². The van der Waals surface area contributed by atoms with Crippen molar-refractivity contribution in [2.24, 2.45) is 0 Å². The third kappa shape index (κ3) is 8.46. The van der Waals surface area contributed by atoms with Gasteiger partial charge in [-0.3, -0.25) is 9.59 Å². The maximum absolute atomic E-state index is 14.1. The summed E-state index contributed by atoms with van der Waals surface area (Å²) in [4.78, 5) is 31.7. The molecule has 0 spiro atoms. The molecule has 0 atom stereocenters. The minimum Gasteiger partial charge on any atom is -0.493 e. The lowest BCUT2D eigenvalue weighted by Gasteiger charge is -2.29. The van der Waals surface area contributed by atoms with Crippen molar-refractivity contribution >= 4 is 43.7 Å². The molecule has 0 aromatic heterocycles. The Bertz CT molecular complexity index is 1370. The van der Waals surface area contributed by atoms with E-state index in [1.165, 1.54) is 0 Å². The highest BCUT2D eigenvalue weighted by Gasteiger charge is 2.25. The van der Waals surface area contributed by atoms with Crippen molar-refractivity contribution < 1.29 is 19.1 Å². The van der Waals surface area contributed by atoms with Gasteiger partial charge in [0.1, 0.15) is 11.5 Å². The Balaban J connectivity index is 1.68. The van der Waals surface area contributed by atoms with Gasteiger partial charge in [0.05, 0.1) is 24.3 Å². The molecule has 0 aliphatic heterocycles. The minimum atomic E-state index is -0.173. The van der Waals surface area contributed by atoms with Crippen LogP contribution in [0.2, 0.25) is 0 Å². The molecule has 0 aliphatic carbocycles. The van der Waals surface area contributed by atoms with Gasteiger partial charge in [0, 0.05) is 35.1 Å². The standard InChI is InChI=1S/C34H34Br2N2O4/c1-3-41-31-17-15-27(35)21-29(31)33(39)37(23-25-11-7-5-8-12-25)19-20-38(24-26-13-9-6-10-14-26)34(40)30-22-28(36)16-18-32(30)42-4-2/h5-18,21-22H,3-4,19-20,23-24H2,1-2H3. The van der Waals surface area contributed by atoms with Crippen LogP contribution < -0.4 is 9.47 Å². The van der Waals surface area contributed by atoms with E-state index in [1.807, 2.05) is 86.6 Å². The minimum absolute atomic E-state index is 0.173. The summed E-state index contributed by atoms with van der Waals surface area (Å²) >= 11 is 7.01. The molecule has 6 nitrogen and oxygen atoms in total. The second kappa shape index (κ2) is 15.6. The van der Waals surface area contributed by atoms with Crippen LogP contribution in [0, 0.1) is 0 Å². The molecule has 8 heteroatoms. The summed E-state index contributed by atoms with van der Waals surface area (Å²) in [6, 6.07) is 30.6. The maximum atomic E-state index is 14.1. The van der Waals surface area contributed by atoms with Crippen molar-refractivity contribution in [1.29, 1.82) is 0 Å². The summed E-state index contributed by atoms with van der Waals surface area (Å²) in [5, 5.41) is 0. The second-order valence-electron chi connectivity index (χ2n) is 9.57. The van der Waals surface area contributed by atoms with Crippen LogP contribution in [0.1, 0.15) is 45.7 Å². The number of benzene rings is 4. The number of amides is 2. The zero-order valence-electron chi connectivity index (χ0n) is 23.8. The smallest absolute Gasteiger partial charge is 0.258 e. The van der Waals surface area contributed by atoms with Gasteiger partial charge < -0.3 is 19.3 Å². The van der Waals surface area contributed by atoms with Crippen LogP contribution in [-0.2, 0) is 13.1 Å². The highest BCUT2D eigenvalue weighted by molar-refractivity contribution is 9.10. The number of ether oxygens (including phenoxy) is 2. The van der Waals surface area contributed by atoms with Crippen LogP contribution in [0.25, 0.3) is 0 Å². The Morgan fingerprint density at radius 1 is 0.595 bits per heavy atom. The monoisotopic (exact) mass is 692 g/mol. The third-order valence-corrected chi connectivity index (χ3v) is 7.58. The van der Waals surface area contributed by atoms with Crippen molar-refractivity contribution in [3.05, 3.63) is 128 Å². The number of carbonyl (C=O) groups is 2. The number of rotatable bonds is 13. The van der Waals surface area contributed by atoms with E-state index in [0.717, 1.165) is 20.1 Å². The average molecular weight is 694 g/mol. The van der Waals surface area contributed by atoms with Gasteiger partial charge in [0.25, 0.3) is 11.8 Å². The number of nitrogens with zero attached hydrogens (tertiary/aromatic N) is 2. The third-order valence-electron chi connectivity index (χ3n) is 6.59. The van der Waals surface area contributed by atoms with Gasteiger partial charge in [-0.05, 0) is 61.4 Å². The molecule has 0 radical (unpaired) electrons. The fourth-order valence-corrected chi connectivity index (χ4v) is 5.32. The quantitative estimate of drug-likeness (QED) is 0.142.